The highest BCUT2D eigenvalue weighted by Gasteiger charge is 2.23. The predicted octanol–water partition coefficient (Wildman–Crippen LogP) is 2.34. The maximum Gasteiger partial charge on any atom is 0.320 e. The van der Waals surface area contributed by atoms with Crippen molar-refractivity contribution in [2.75, 3.05) is 12.3 Å². The van der Waals surface area contributed by atoms with E-state index in [0.29, 0.717) is 19.5 Å². The first-order valence-corrected chi connectivity index (χ1v) is 6.40. The van der Waals surface area contributed by atoms with Crippen molar-refractivity contribution in [3.05, 3.63) is 29.8 Å². The van der Waals surface area contributed by atoms with E-state index in [2.05, 4.69) is 0 Å². The number of likely N-dealkylation sites (N-methyl/N-ethyl adjacent to an activating group) is 1. The second-order valence-corrected chi connectivity index (χ2v) is 4.40. The summed E-state index contributed by atoms with van der Waals surface area (Å²) in [6, 6.07) is 7.17. The molecule has 4 heteroatoms. The van der Waals surface area contributed by atoms with Crippen LogP contribution in [-0.4, -0.2) is 28.6 Å². The lowest BCUT2D eigenvalue weighted by Crippen LogP contribution is -2.40. The number of nitrogens with zero attached hydrogens (tertiary/aromatic N) is 1. The largest absolute Gasteiger partial charge is 0.480 e. The van der Waals surface area contributed by atoms with Gasteiger partial charge in [0.15, 0.2) is 0 Å². The van der Waals surface area contributed by atoms with Gasteiger partial charge in [0, 0.05) is 12.2 Å². The summed E-state index contributed by atoms with van der Waals surface area (Å²) in [5, 5.41) is 9.28. The first-order chi connectivity index (χ1) is 8.60. The molecule has 100 valence electrons. The van der Waals surface area contributed by atoms with E-state index in [9.17, 15) is 9.90 Å². The van der Waals surface area contributed by atoms with Crippen molar-refractivity contribution in [1.29, 1.82) is 0 Å². The summed E-state index contributed by atoms with van der Waals surface area (Å²) in [6.45, 7) is 5.26. The van der Waals surface area contributed by atoms with Crippen molar-refractivity contribution in [1.82, 2.24) is 4.90 Å². The van der Waals surface area contributed by atoms with Gasteiger partial charge in [-0.15, -0.1) is 0 Å². The number of nitrogen functional groups attached to an aromatic ring is 1. The number of anilines is 1. The molecule has 0 heterocycles. The summed E-state index contributed by atoms with van der Waals surface area (Å²) in [5.41, 5.74) is 7.61. The normalized spacial score (nSPS) is 12.6. The summed E-state index contributed by atoms with van der Waals surface area (Å²) >= 11 is 0. The summed E-state index contributed by atoms with van der Waals surface area (Å²) < 4.78 is 0. The molecule has 0 fully saturated rings. The van der Waals surface area contributed by atoms with Crippen LogP contribution in [0.5, 0.6) is 0 Å². The molecule has 18 heavy (non-hydrogen) atoms. The maximum atomic E-state index is 11.3. The van der Waals surface area contributed by atoms with Gasteiger partial charge in [0.1, 0.15) is 6.04 Å². The van der Waals surface area contributed by atoms with Crippen molar-refractivity contribution in [2.24, 2.45) is 0 Å². The number of benzene rings is 1. The molecule has 0 aromatic heterocycles. The minimum Gasteiger partial charge on any atom is -0.480 e. The van der Waals surface area contributed by atoms with Gasteiger partial charge in [-0.2, -0.15) is 0 Å². The third-order valence-corrected chi connectivity index (χ3v) is 3.12. The van der Waals surface area contributed by atoms with Crippen molar-refractivity contribution in [3.8, 4) is 0 Å². The molecule has 1 aromatic carbocycles. The van der Waals surface area contributed by atoms with Gasteiger partial charge in [-0.1, -0.05) is 38.5 Å². The van der Waals surface area contributed by atoms with Crippen molar-refractivity contribution < 1.29 is 9.90 Å². The molecule has 1 rings (SSSR count). The average Bonchev–Trinajstić information content (AvgIpc) is 2.35. The van der Waals surface area contributed by atoms with Gasteiger partial charge < -0.3 is 10.8 Å². The molecule has 3 N–H and O–H groups in total. The zero-order valence-corrected chi connectivity index (χ0v) is 11.1. The van der Waals surface area contributed by atoms with Gasteiger partial charge in [0.2, 0.25) is 0 Å². The Morgan fingerprint density at radius 1 is 1.39 bits per heavy atom. The molecule has 0 amide bonds. The van der Waals surface area contributed by atoms with Crippen LogP contribution >= 0.6 is 0 Å². The fraction of sp³-hybridized carbons (Fsp3) is 0.500. The quantitative estimate of drug-likeness (QED) is 0.729. The fourth-order valence-corrected chi connectivity index (χ4v) is 2.08. The number of nitrogens with two attached hydrogens (primary N) is 1. The zero-order chi connectivity index (χ0) is 13.5. The topological polar surface area (TPSA) is 66.6 Å². The lowest BCUT2D eigenvalue weighted by atomic mass is 10.1. The van der Waals surface area contributed by atoms with Gasteiger partial charge in [-0.25, -0.2) is 0 Å². The third-order valence-electron chi connectivity index (χ3n) is 3.12. The summed E-state index contributed by atoms with van der Waals surface area (Å²) in [4.78, 5) is 13.2. The van der Waals surface area contributed by atoms with Gasteiger partial charge in [-0.05, 0) is 24.6 Å². The fourth-order valence-electron chi connectivity index (χ4n) is 2.08. The van der Waals surface area contributed by atoms with E-state index in [1.165, 1.54) is 0 Å². The van der Waals surface area contributed by atoms with E-state index in [1.807, 2.05) is 43.0 Å². The first-order valence-electron chi connectivity index (χ1n) is 6.40. The smallest absolute Gasteiger partial charge is 0.320 e. The Kier molecular flexibility index (Phi) is 5.65. The van der Waals surface area contributed by atoms with Crippen LogP contribution in [0.3, 0.4) is 0 Å². The summed E-state index contributed by atoms with van der Waals surface area (Å²) in [7, 11) is 0. The lowest BCUT2D eigenvalue weighted by molar-refractivity contribution is -0.143. The van der Waals surface area contributed by atoms with Crippen LogP contribution in [0.4, 0.5) is 5.69 Å². The van der Waals surface area contributed by atoms with Gasteiger partial charge >= 0.3 is 5.97 Å². The average molecular weight is 250 g/mol. The number of carboxylic acids is 1. The molecule has 0 bridgehead atoms. The molecular weight excluding hydrogens is 228 g/mol. The minimum absolute atomic E-state index is 0.431. The van der Waals surface area contributed by atoms with Crippen LogP contribution in [0.15, 0.2) is 24.3 Å². The number of carboxylic acid groups (broad SMARTS) is 1. The summed E-state index contributed by atoms with van der Waals surface area (Å²) in [5.74, 6) is -0.756. The molecule has 4 nitrogen and oxygen atoms in total. The number of hydrogen-bond acceptors (Lipinski definition) is 3. The molecule has 1 unspecified atom stereocenters. The first kappa shape index (κ1) is 14.5. The van der Waals surface area contributed by atoms with Crippen LogP contribution in [0, 0.1) is 0 Å². The van der Waals surface area contributed by atoms with Crippen molar-refractivity contribution >= 4 is 11.7 Å². The lowest BCUT2D eigenvalue weighted by Gasteiger charge is -2.27. The Morgan fingerprint density at radius 3 is 2.56 bits per heavy atom. The van der Waals surface area contributed by atoms with Crippen molar-refractivity contribution in [3.63, 3.8) is 0 Å². The number of para-hydroxylation sites is 1. The molecule has 0 saturated heterocycles. The molecular formula is C14H22N2O2. The predicted molar refractivity (Wildman–Crippen MR) is 73.3 cm³/mol. The van der Waals surface area contributed by atoms with Gasteiger partial charge in [-0.3, -0.25) is 9.69 Å². The highest BCUT2D eigenvalue weighted by molar-refractivity contribution is 5.73. The number of hydrogen-bond donors (Lipinski definition) is 2. The molecule has 0 aliphatic rings. The standard InChI is InChI=1S/C14H22N2O2/c1-3-7-13(14(17)18)16(4-2)10-11-8-5-6-9-12(11)15/h5-6,8-9,13H,3-4,7,10,15H2,1-2H3,(H,17,18). The Hall–Kier alpha value is -1.55. The van der Waals surface area contributed by atoms with E-state index in [-0.39, 0.29) is 0 Å². The van der Waals surface area contributed by atoms with Gasteiger partial charge in [0.25, 0.3) is 0 Å². The molecule has 0 aliphatic heterocycles. The third kappa shape index (κ3) is 3.74. The maximum absolute atomic E-state index is 11.3. The van der Waals surface area contributed by atoms with Crippen LogP contribution in [0.2, 0.25) is 0 Å². The highest BCUT2D eigenvalue weighted by atomic mass is 16.4. The molecule has 0 spiro atoms. The number of aliphatic carboxylic acids is 1. The monoisotopic (exact) mass is 250 g/mol. The highest BCUT2D eigenvalue weighted by Crippen LogP contribution is 2.17. The van der Waals surface area contributed by atoms with Crippen molar-refractivity contribution in [2.45, 2.75) is 39.3 Å². The Balaban J connectivity index is 2.83. The molecule has 1 atom stereocenters. The Bertz CT molecular complexity index is 393. The Morgan fingerprint density at radius 2 is 2.06 bits per heavy atom. The summed E-state index contributed by atoms with van der Waals surface area (Å²) in [6.07, 6.45) is 1.52. The zero-order valence-electron chi connectivity index (χ0n) is 11.1. The number of rotatable bonds is 7. The van der Waals surface area contributed by atoms with Crippen LogP contribution < -0.4 is 5.73 Å². The Labute approximate surface area is 108 Å². The molecule has 1 aromatic rings. The second kappa shape index (κ2) is 7.01. The van der Waals surface area contributed by atoms with Gasteiger partial charge in [0.05, 0.1) is 0 Å². The molecule has 0 saturated carbocycles. The molecule has 0 radical (unpaired) electrons. The SMILES string of the molecule is CCCC(C(=O)O)N(CC)Cc1ccccc1N. The van der Waals surface area contributed by atoms with Crippen LogP contribution in [0.25, 0.3) is 0 Å². The number of carbonyl (C=O) groups is 1. The second-order valence-electron chi connectivity index (χ2n) is 4.40. The van der Waals surface area contributed by atoms with E-state index in [1.54, 1.807) is 0 Å². The van der Waals surface area contributed by atoms with E-state index < -0.39 is 12.0 Å². The van der Waals surface area contributed by atoms with E-state index in [0.717, 1.165) is 17.7 Å². The molecule has 0 aliphatic carbocycles. The van der Waals surface area contributed by atoms with E-state index >= 15 is 0 Å². The van der Waals surface area contributed by atoms with E-state index in [4.69, 9.17) is 5.73 Å². The van der Waals surface area contributed by atoms with Crippen LogP contribution in [0.1, 0.15) is 32.3 Å². The minimum atomic E-state index is -0.756. The van der Waals surface area contributed by atoms with Crippen LogP contribution in [-0.2, 0) is 11.3 Å².